The highest BCUT2D eigenvalue weighted by molar-refractivity contribution is 5.96. The van der Waals surface area contributed by atoms with Crippen molar-refractivity contribution >= 4 is 28.6 Å². The Bertz CT molecular complexity index is 1820. The Morgan fingerprint density at radius 3 is 2.57 bits per heavy atom. The Morgan fingerprint density at radius 2 is 1.84 bits per heavy atom. The summed E-state index contributed by atoms with van der Waals surface area (Å²) in [4.78, 5) is 39.3. The van der Waals surface area contributed by atoms with Crippen LogP contribution in [0.15, 0.2) is 71.3 Å². The Labute approximate surface area is 249 Å². The van der Waals surface area contributed by atoms with Crippen molar-refractivity contribution in [2.75, 3.05) is 31.5 Å². The summed E-state index contributed by atoms with van der Waals surface area (Å²) in [5.41, 5.74) is 3.30. The van der Waals surface area contributed by atoms with Crippen molar-refractivity contribution in [3.8, 4) is 11.5 Å². The number of hydrogen-bond acceptors (Lipinski definition) is 9. The van der Waals surface area contributed by atoms with Crippen LogP contribution in [-0.2, 0) is 11.6 Å². The molecule has 7 rings (SSSR count). The summed E-state index contributed by atoms with van der Waals surface area (Å²) in [5.74, 6) is -0.476. The first-order valence-corrected chi connectivity index (χ1v) is 14.2. The molecule has 1 unspecified atom stereocenters. The van der Waals surface area contributed by atoms with E-state index in [2.05, 4.69) is 35.6 Å². The van der Waals surface area contributed by atoms with Crippen LogP contribution in [0.5, 0.6) is 0 Å². The maximum Gasteiger partial charge on any atom is 0.272 e. The number of aromatic nitrogens is 6. The smallest absolute Gasteiger partial charge is 0.272 e. The normalized spacial score (nSPS) is 19.2. The number of hydrogen-bond donors (Lipinski definition) is 1. The van der Waals surface area contributed by atoms with Gasteiger partial charge in [-0.05, 0) is 47.5 Å². The molecular weight excluding hydrogens is 572 g/mol. The number of carbonyl (C=O) groups excluding carboxylic acids is 2. The first-order chi connectivity index (χ1) is 21.5. The number of rotatable bonds is 8. The number of pyridine rings is 1. The van der Waals surface area contributed by atoms with Crippen LogP contribution >= 0.6 is 0 Å². The van der Waals surface area contributed by atoms with E-state index in [-0.39, 0.29) is 30.0 Å². The first kappa shape index (κ1) is 27.7. The molecule has 2 aliphatic rings. The molecule has 0 bridgehead atoms. The summed E-state index contributed by atoms with van der Waals surface area (Å²) in [7, 11) is 0. The number of piperazine rings is 1. The molecule has 1 aliphatic carbocycles. The second-order valence-corrected chi connectivity index (χ2v) is 10.8. The predicted molar refractivity (Wildman–Crippen MR) is 154 cm³/mol. The molecule has 3 atom stereocenters. The molecule has 1 saturated heterocycles. The Morgan fingerprint density at radius 1 is 1.05 bits per heavy atom. The predicted octanol–water partition coefficient (Wildman–Crippen LogP) is 3.65. The summed E-state index contributed by atoms with van der Waals surface area (Å²) < 4.78 is 32.3. The fraction of sp³-hybridized carbons (Fsp3) is 0.300. The van der Waals surface area contributed by atoms with Crippen LogP contribution < -0.4 is 5.32 Å². The molecule has 1 aliphatic heterocycles. The van der Waals surface area contributed by atoms with Gasteiger partial charge in [0, 0.05) is 43.6 Å². The summed E-state index contributed by atoms with van der Waals surface area (Å²) in [6.45, 7) is 1.07. The van der Waals surface area contributed by atoms with E-state index < -0.39 is 18.9 Å². The number of alkyl halides is 2. The van der Waals surface area contributed by atoms with Crippen LogP contribution in [0.1, 0.15) is 34.3 Å². The van der Waals surface area contributed by atoms with E-state index >= 15 is 0 Å². The lowest BCUT2D eigenvalue weighted by molar-refractivity contribution is -0.117. The third-order valence-corrected chi connectivity index (χ3v) is 7.83. The highest BCUT2D eigenvalue weighted by atomic mass is 19.1. The zero-order chi connectivity index (χ0) is 30.2. The van der Waals surface area contributed by atoms with E-state index in [1.165, 1.54) is 6.20 Å². The third kappa shape index (κ3) is 5.51. The average molecular weight is 600 g/mol. The number of tetrazole rings is 1. The lowest BCUT2D eigenvalue weighted by Gasteiger charge is -2.38. The Kier molecular flexibility index (Phi) is 7.26. The number of fused-ring (bicyclic) bond motifs is 1. The lowest BCUT2D eigenvalue weighted by atomic mass is 10.0. The maximum atomic E-state index is 13.5. The van der Waals surface area contributed by atoms with Gasteiger partial charge in [-0.3, -0.25) is 19.5 Å². The number of anilines is 1. The monoisotopic (exact) mass is 599 g/mol. The second kappa shape index (κ2) is 11.5. The van der Waals surface area contributed by atoms with Crippen molar-refractivity contribution < 1.29 is 22.8 Å². The minimum atomic E-state index is -1.08. The molecule has 2 amide bonds. The lowest BCUT2D eigenvalue weighted by Crippen LogP contribution is -2.50. The van der Waals surface area contributed by atoms with Gasteiger partial charge in [-0.1, -0.05) is 30.3 Å². The van der Waals surface area contributed by atoms with E-state index in [4.69, 9.17) is 4.42 Å². The summed E-state index contributed by atoms with van der Waals surface area (Å²) >= 11 is 0. The number of oxazole rings is 1. The second-order valence-electron chi connectivity index (χ2n) is 10.8. The molecule has 12 nitrogen and oxygen atoms in total. The molecule has 1 saturated carbocycles. The number of carbonyl (C=O) groups is 2. The van der Waals surface area contributed by atoms with Crippen molar-refractivity contribution in [3.05, 3.63) is 83.9 Å². The number of benzene rings is 2. The SMILES string of the molecule is O=C(Nc1ccc2oc(-c3ccnc(C(=O)N4CCN(C(c5ccccc5)c5nnn(CF)n5)CC4)c3)nc2c1)[C@@H]1C[C@@H]1F. The summed E-state index contributed by atoms with van der Waals surface area (Å²) in [5, 5.41) is 14.8. The molecule has 5 aromatic rings. The van der Waals surface area contributed by atoms with Crippen LogP contribution in [0.25, 0.3) is 22.6 Å². The topological polar surface area (TPSA) is 135 Å². The first-order valence-electron chi connectivity index (χ1n) is 14.2. The van der Waals surface area contributed by atoms with Gasteiger partial charge in [0.15, 0.2) is 11.4 Å². The van der Waals surface area contributed by atoms with Gasteiger partial charge in [-0.15, -0.1) is 15.0 Å². The fourth-order valence-corrected chi connectivity index (χ4v) is 5.40. The maximum absolute atomic E-state index is 13.5. The van der Waals surface area contributed by atoms with Crippen LogP contribution in [0.4, 0.5) is 14.5 Å². The van der Waals surface area contributed by atoms with Gasteiger partial charge >= 0.3 is 0 Å². The van der Waals surface area contributed by atoms with Crippen LogP contribution in [0.3, 0.4) is 0 Å². The van der Waals surface area contributed by atoms with Gasteiger partial charge in [-0.25, -0.2) is 13.8 Å². The molecule has 0 spiro atoms. The van der Waals surface area contributed by atoms with Crippen molar-refractivity contribution in [2.45, 2.75) is 25.4 Å². The van der Waals surface area contributed by atoms with Gasteiger partial charge in [0.1, 0.15) is 17.4 Å². The van der Waals surface area contributed by atoms with E-state index in [9.17, 15) is 18.4 Å². The van der Waals surface area contributed by atoms with E-state index in [0.29, 0.717) is 60.2 Å². The average Bonchev–Trinajstić information content (AvgIpc) is 3.41. The van der Waals surface area contributed by atoms with Gasteiger partial charge in [0.25, 0.3) is 5.91 Å². The van der Waals surface area contributed by atoms with Crippen molar-refractivity contribution in [2.24, 2.45) is 5.92 Å². The van der Waals surface area contributed by atoms with E-state index in [1.54, 1.807) is 35.2 Å². The van der Waals surface area contributed by atoms with Crippen molar-refractivity contribution in [1.82, 2.24) is 40.0 Å². The molecule has 4 heterocycles. The molecule has 3 aromatic heterocycles. The summed E-state index contributed by atoms with van der Waals surface area (Å²) in [6.07, 6.45) is 0.705. The minimum absolute atomic E-state index is 0.225. The van der Waals surface area contributed by atoms with Gasteiger partial charge in [-0.2, -0.15) is 0 Å². The van der Waals surface area contributed by atoms with Crippen LogP contribution in [0, 0.1) is 5.92 Å². The quantitative estimate of drug-likeness (QED) is 0.284. The van der Waals surface area contributed by atoms with Crippen molar-refractivity contribution in [1.29, 1.82) is 0 Å². The Hall–Kier alpha value is -5.11. The zero-order valence-electron chi connectivity index (χ0n) is 23.4. The number of nitrogens with one attached hydrogen (secondary N) is 1. The summed E-state index contributed by atoms with van der Waals surface area (Å²) in [6, 6.07) is 17.7. The minimum Gasteiger partial charge on any atom is -0.436 e. The Balaban J connectivity index is 1.05. The standard InChI is InChI=1S/C30H27F2N9O3/c31-17-41-37-27(36-38-41)26(18-4-2-1-3-5-18)39-10-12-40(13-11-39)30(43)24-14-19(8-9-33-24)29-35-23-15-20(6-7-25(23)44-29)34-28(42)21-16-22(21)32/h1-9,14-15,21-22,26H,10-13,16-17H2,(H,34,42)/t21-,22+,26?/m1/s1. The number of halogens is 2. The van der Waals surface area contributed by atoms with E-state index in [0.717, 1.165) is 10.4 Å². The zero-order valence-corrected chi connectivity index (χ0v) is 23.4. The van der Waals surface area contributed by atoms with E-state index in [1.807, 2.05) is 30.3 Å². The largest absolute Gasteiger partial charge is 0.436 e. The molecule has 2 fully saturated rings. The molecule has 0 radical (unpaired) electrons. The van der Waals surface area contributed by atoms with Crippen LogP contribution in [0.2, 0.25) is 0 Å². The molecule has 1 N–H and O–H groups in total. The highest BCUT2D eigenvalue weighted by Crippen LogP contribution is 2.35. The van der Waals surface area contributed by atoms with Crippen molar-refractivity contribution in [3.63, 3.8) is 0 Å². The molecule has 224 valence electrons. The molecule has 14 heteroatoms. The molecule has 2 aromatic carbocycles. The number of amides is 2. The van der Waals surface area contributed by atoms with Gasteiger partial charge < -0.3 is 14.6 Å². The number of nitrogens with zero attached hydrogens (tertiary/aromatic N) is 8. The third-order valence-electron chi connectivity index (χ3n) is 7.83. The molecule has 44 heavy (non-hydrogen) atoms. The molecular formula is C30H27F2N9O3. The fourth-order valence-electron chi connectivity index (χ4n) is 5.40. The van der Waals surface area contributed by atoms with Gasteiger partial charge in [0.05, 0.1) is 12.0 Å². The van der Waals surface area contributed by atoms with Gasteiger partial charge in [0.2, 0.25) is 18.6 Å². The van der Waals surface area contributed by atoms with Crippen LogP contribution in [-0.4, -0.2) is 84.1 Å². The highest BCUT2D eigenvalue weighted by Gasteiger charge is 2.43.